The van der Waals surface area contributed by atoms with Gasteiger partial charge in [-0.05, 0) is 30.2 Å². The van der Waals surface area contributed by atoms with Crippen molar-refractivity contribution in [3.63, 3.8) is 0 Å². The van der Waals surface area contributed by atoms with Gasteiger partial charge < -0.3 is 0 Å². The van der Waals surface area contributed by atoms with E-state index in [9.17, 15) is 8.78 Å². The molecule has 2 rings (SSSR count). The van der Waals surface area contributed by atoms with E-state index in [-0.39, 0.29) is 11.7 Å². The van der Waals surface area contributed by atoms with E-state index in [1.165, 1.54) is 6.07 Å². The van der Waals surface area contributed by atoms with Crippen molar-refractivity contribution in [2.75, 3.05) is 6.54 Å². The number of hydrogen-bond donors (Lipinski definition) is 0. The molecule has 68 valence electrons. The normalized spacial score (nSPS) is 20.9. The van der Waals surface area contributed by atoms with Gasteiger partial charge in [0.2, 0.25) is 0 Å². The van der Waals surface area contributed by atoms with Crippen LogP contribution in [-0.4, -0.2) is 12.8 Å². The monoisotopic (exact) mass is 181 g/mol. The lowest BCUT2D eigenvalue weighted by Gasteiger charge is -2.07. The quantitative estimate of drug-likeness (QED) is 0.631. The Morgan fingerprint density at radius 2 is 2.15 bits per heavy atom. The van der Waals surface area contributed by atoms with E-state index in [0.29, 0.717) is 12.1 Å². The Morgan fingerprint density at radius 3 is 2.85 bits per heavy atom. The molecule has 1 nitrogen and oxygen atoms in total. The summed E-state index contributed by atoms with van der Waals surface area (Å²) in [5.41, 5.74) is 0.418. The fraction of sp³-hybridized carbons (Fsp3) is 0.300. The van der Waals surface area contributed by atoms with E-state index in [4.69, 9.17) is 0 Å². The van der Waals surface area contributed by atoms with Gasteiger partial charge in [0.25, 0.3) is 0 Å². The summed E-state index contributed by atoms with van der Waals surface area (Å²) >= 11 is 0. The zero-order valence-electron chi connectivity index (χ0n) is 7.00. The number of nitrogens with zero attached hydrogens (tertiary/aromatic N) is 1. The molecule has 1 aliphatic rings. The summed E-state index contributed by atoms with van der Waals surface area (Å²) in [6, 6.07) is 3.54. The third-order valence-corrected chi connectivity index (χ3v) is 2.21. The van der Waals surface area contributed by atoms with E-state index in [0.717, 1.165) is 18.6 Å². The van der Waals surface area contributed by atoms with Crippen LogP contribution < -0.4 is 0 Å². The van der Waals surface area contributed by atoms with Gasteiger partial charge in [-0.25, -0.2) is 8.78 Å². The molecule has 0 unspecified atom stereocenters. The molecule has 0 saturated carbocycles. The summed E-state index contributed by atoms with van der Waals surface area (Å²) in [6.07, 6.45) is 2.47. The van der Waals surface area contributed by atoms with E-state index < -0.39 is 5.82 Å². The van der Waals surface area contributed by atoms with Crippen molar-refractivity contribution >= 4 is 6.21 Å². The SMILES string of the molecule is Fc1ccc(F)c([C@@H]2C=NCC2)c1. The van der Waals surface area contributed by atoms with Crippen LogP contribution >= 0.6 is 0 Å². The lowest BCUT2D eigenvalue weighted by Crippen LogP contribution is -2.00. The summed E-state index contributed by atoms with van der Waals surface area (Å²) in [5, 5.41) is 0. The maximum absolute atomic E-state index is 13.2. The zero-order valence-corrected chi connectivity index (χ0v) is 7.00. The van der Waals surface area contributed by atoms with Crippen LogP contribution in [0, 0.1) is 11.6 Å². The van der Waals surface area contributed by atoms with Gasteiger partial charge in [0.1, 0.15) is 11.6 Å². The number of rotatable bonds is 1. The first kappa shape index (κ1) is 8.35. The van der Waals surface area contributed by atoms with Gasteiger partial charge >= 0.3 is 0 Å². The summed E-state index contributed by atoms with van der Waals surface area (Å²) in [4.78, 5) is 4.00. The lowest BCUT2D eigenvalue weighted by atomic mass is 9.98. The molecular formula is C10H9F2N. The number of hydrogen-bond acceptors (Lipinski definition) is 1. The second-order valence-corrected chi connectivity index (χ2v) is 3.12. The molecule has 0 N–H and O–H groups in total. The smallest absolute Gasteiger partial charge is 0.127 e. The van der Waals surface area contributed by atoms with Crippen LogP contribution in [-0.2, 0) is 0 Å². The zero-order chi connectivity index (χ0) is 9.26. The molecule has 0 saturated heterocycles. The lowest BCUT2D eigenvalue weighted by molar-refractivity contribution is 0.580. The van der Waals surface area contributed by atoms with Crippen LogP contribution in [0.1, 0.15) is 17.9 Å². The number of halogens is 2. The fourth-order valence-corrected chi connectivity index (χ4v) is 1.52. The molecule has 1 heterocycles. The molecule has 0 fully saturated rings. The van der Waals surface area contributed by atoms with E-state index >= 15 is 0 Å². The highest BCUT2D eigenvalue weighted by Gasteiger charge is 2.17. The highest BCUT2D eigenvalue weighted by Crippen LogP contribution is 2.24. The van der Waals surface area contributed by atoms with E-state index in [2.05, 4.69) is 4.99 Å². The van der Waals surface area contributed by atoms with Crippen molar-refractivity contribution in [3.8, 4) is 0 Å². The van der Waals surface area contributed by atoms with Crippen molar-refractivity contribution in [2.45, 2.75) is 12.3 Å². The van der Waals surface area contributed by atoms with Crippen molar-refractivity contribution in [2.24, 2.45) is 4.99 Å². The van der Waals surface area contributed by atoms with Crippen LogP contribution in [0.15, 0.2) is 23.2 Å². The van der Waals surface area contributed by atoms with Crippen molar-refractivity contribution in [3.05, 3.63) is 35.4 Å². The van der Waals surface area contributed by atoms with Gasteiger partial charge in [0.05, 0.1) is 0 Å². The van der Waals surface area contributed by atoms with Gasteiger partial charge in [-0.15, -0.1) is 0 Å². The second-order valence-electron chi connectivity index (χ2n) is 3.12. The van der Waals surface area contributed by atoms with Crippen LogP contribution in [0.3, 0.4) is 0 Å². The Hall–Kier alpha value is -1.25. The standard InChI is InChI=1S/C10H9F2N/c11-8-1-2-10(12)9(5-8)7-3-4-13-6-7/h1-2,5-7H,3-4H2/t7-/m0/s1. The molecule has 0 amide bonds. The van der Waals surface area contributed by atoms with Gasteiger partial charge in [0, 0.05) is 18.7 Å². The molecule has 1 atom stereocenters. The van der Waals surface area contributed by atoms with Crippen molar-refractivity contribution < 1.29 is 8.78 Å². The van der Waals surface area contributed by atoms with Crippen molar-refractivity contribution in [1.82, 2.24) is 0 Å². The molecule has 0 radical (unpaired) electrons. The Morgan fingerprint density at radius 1 is 1.31 bits per heavy atom. The number of aliphatic imine (C=N–C) groups is 1. The molecule has 1 aromatic carbocycles. The van der Waals surface area contributed by atoms with Crippen LogP contribution in [0.25, 0.3) is 0 Å². The average molecular weight is 181 g/mol. The maximum atomic E-state index is 13.2. The molecular weight excluding hydrogens is 172 g/mol. The predicted molar refractivity (Wildman–Crippen MR) is 47.1 cm³/mol. The molecule has 1 aromatic rings. The number of benzene rings is 1. The van der Waals surface area contributed by atoms with Crippen LogP contribution in [0.5, 0.6) is 0 Å². The van der Waals surface area contributed by atoms with E-state index in [1.807, 2.05) is 0 Å². The third-order valence-electron chi connectivity index (χ3n) is 2.21. The minimum Gasteiger partial charge on any atom is -0.297 e. The van der Waals surface area contributed by atoms with Gasteiger partial charge in [0.15, 0.2) is 0 Å². The van der Waals surface area contributed by atoms with Crippen LogP contribution in [0.4, 0.5) is 8.78 Å². The maximum Gasteiger partial charge on any atom is 0.127 e. The Bertz CT molecular complexity index is 347. The van der Waals surface area contributed by atoms with E-state index in [1.54, 1.807) is 6.21 Å². The Labute approximate surface area is 75.1 Å². The third kappa shape index (κ3) is 1.59. The Balaban J connectivity index is 2.37. The molecule has 0 bridgehead atoms. The fourth-order valence-electron chi connectivity index (χ4n) is 1.52. The first-order chi connectivity index (χ1) is 6.27. The molecule has 0 spiro atoms. The second kappa shape index (κ2) is 3.24. The summed E-state index contributed by atoms with van der Waals surface area (Å²) in [5.74, 6) is -0.785. The first-order valence-electron chi connectivity index (χ1n) is 4.22. The Kier molecular flexibility index (Phi) is 2.08. The van der Waals surface area contributed by atoms with Gasteiger partial charge in [-0.2, -0.15) is 0 Å². The predicted octanol–water partition coefficient (Wildman–Crippen LogP) is 2.52. The van der Waals surface area contributed by atoms with Gasteiger partial charge in [-0.1, -0.05) is 0 Å². The van der Waals surface area contributed by atoms with Crippen molar-refractivity contribution in [1.29, 1.82) is 0 Å². The summed E-state index contributed by atoms with van der Waals surface area (Å²) < 4.78 is 26.0. The topological polar surface area (TPSA) is 12.4 Å². The molecule has 0 aromatic heterocycles. The molecule has 3 heteroatoms. The molecule has 13 heavy (non-hydrogen) atoms. The summed E-state index contributed by atoms with van der Waals surface area (Å²) in [7, 11) is 0. The highest BCUT2D eigenvalue weighted by molar-refractivity contribution is 5.69. The van der Waals surface area contributed by atoms with Gasteiger partial charge in [-0.3, -0.25) is 4.99 Å². The first-order valence-corrected chi connectivity index (χ1v) is 4.22. The summed E-state index contributed by atoms with van der Waals surface area (Å²) in [6.45, 7) is 0.709. The van der Waals surface area contributed by atoms with Crippen LogP contribution in [0.2, 0.25) is 0 Å². The largest absolute Gasteiger partial charge is 0.297 e. The minimum atomic E-state index is -0.392. The molecule has 1 aliphatic heterocycles. The molecule has 0 aliphatic carbocycles. The minimum absolute atomic E-state index is 0.0456. The highest BCUT2D eigenvalue weighted by atomic mass is 19.1. The average Bonchev–Trinajstić information content (AvgIpc) is 2.61.